The van der Waals surface area contributed by atoms with Crippen molar-refractivity contribution in [3.8, 4) is 0 Å². The minimum atomic E-state index is 0.0123. The van der Waals surface area contributed by atoms with Crippen molar-refractivity contribution in [1.82, 2.24) is 19.9 Å². The van der Waals surface area contributed by atoms with Gasteiger partial charge in [-0.3, -0.25) is 9.78 Å². The van der Waals surface area contributed by atoms with E-state index in [0.29, 0.717) is 18.8 Å². The maximum atomic E-state index is 12.7. The van der Waals surface area contributed by atoms with Crippen LogP contribution in [0, 0.1) is 0 Å². The highest BCUT2D eigenvalue weighted by Crippen LogP contribution is 2.27. The number of carbonyl (C=O) groups is 1. The Morgan fingerprint density at radius 3 is 2.80 bits per heavy atom. The van der Waals surface area contributed by atoms with Crippen LogP contribution in [0.1, 0.15) is 23.0 Å². The van der Waals surface area contributed by atoms with Crippen molar-refractivity contribution in [1.29, 1.82) is 0 Å². The van der Waals surface area contributed by atoms with Gasteiger partial charge in [0.2, 0.25) is 0 Å². The summed E-state index contributed by atoms with van der Waals surface area (Å²) in [5.74, 6) is 0.975. The molecule has 128 valence electrons. The molecule has 0 radical (unpaired) electrons. The smallest absolute Gasteiger partial charge is 0.272 e. The first-order valence-corrected chi connectivity index (χ1v) is 9.31. The second-order valence-corrected chi connectivity index (χ2v) is 6.91. The third-order valence-corrected chi connectivity index (χ3v) is 5.38. The number of fused-ring (bicyclic) bond motifs is 1. The summed E-state index contributed by atoms with van der Waals surface area (Å²) in [6.07, 6.45) is 4.24. The molecule has 1 aliphatic rings. The molecular weight excluding hydrogens is 334 g/mol. The maximum Gasteiger partial charge on any atom is 0.272 e. The van der Waals surface area contributed by atoms with E-state index in [1.54, 1.807) is 23.9 Å². The monoisotopic (exact) mass is 353 g/mol. The number of amides is 1. The van der Waals surface area contributed by atoms with Crippen molar-refractivity contribution in [2.45, 2.75) is 13.3 Å². The third kappa shape index (κ3) is 3.07. The Morgan fingerprint density at radius 2 is 2.00 bits per heavy atom. The van der Waals surface area contributed by atoms with E-state index in [-0.39, 0.29) is 5.91 Å². The molecule has 3 aromatic heterocycles. The van der Waals surface area contributed by atoms with E-state index in [9.17, 15) is 4.79 Å². The van der Waals surface area contributed by atoms with Crippen molar-refractivity contribution in [2.24, 2.45) is 0 Å². The Balaban J connectivity index is 1.48. The highest BCUT2D eigenvalue weighted by atomic mass is 32.1. The van der Waals surface area contributed by atoms with Gasteiger partial charge < -0.3 is 9.80 Å². The van der Waals surface area contributed by atoms with E-state index in [0.717, 1.165) is 41.1 Å². The van der Waals surface area contributed by atoms with Gasteiger partial charge in [-0.25, -0.2) is 9.97 Å². The molecule has 0 unspecified atom stereocenters. The standard InChI is InChI=1S/C18H19N5OS/c1-2-13-3-5-19-15(11-13)18(24)23-8-6-22(7-9-23)16-14-4-10-25-17(14)21-12-20-16/h3-5,10-12H,2,6-9H2,1H3. The molecule has 0 bridgehead atoms. The number of rotatable bonds is 3. The van der Waals surface area contributed by atoms with Gasteiger partial charge in [0.15, 0.2) is 0 Å². The van der Waals surface area contributed by atoms with E-state index in [1.807, 2.05) is 22.4 Å². The van der Waals surface area contributed by atoms with Gasteiger partial charge >= 0.3 is 0 Å². The Bertz CT molecular complexity index is 901. The van der Waals surface area contributed by atoms with Gasteiger partial charge in [-0.1, -0.05) is 6.92 Å². The topological polar surface area (TPSA) is 62.2 Å². The summed E-state index contributed by atoms with van der Waals surface area (Å²) in [7, 11) is 0. The summed E-state index contributed by atoms with van der Waals surface area (Å²) in [6.45, 7) is 4.95. The second kappa shape index (κ2) is 6.76. The number of piperazine rings is 1. The lowest BCUT2D eigenvalue weighted by molar-refractivity contribution is 0.0740. The lowest BCUT2D eigenvalue weighted by atomic mass is 10.1. The summed E-state index contributed by atoms with van der Waals surface area (Å²) in [5.41, 5.74) is 1.67. The van der Waals surface area contributed by atoms with E-state index in [4.69, 9.17) is 0 Å². The fourth-order valence-electron chi connectivity index (χ4n) is 3.12. The van der Waals surface area contributed by atoms with E-state index < -0.39 is 0 Å². The molecule has 4 heterocycles. The summed E-state index contributed by atoms with van der Waals surface area (Å²) >= 11 is 1.62. The van der Waals surface area contributed by atoms with Gasteiger partial charge in [-0.2, -0.15) is 0 Å². The van der Waals surface area contributed by atoms with Crippen LogP contribution in [0.2, 0.25) is 0 Å². The first-order valence-electron chi connectivity index (χ1n) is 8.43. The molecule has 4 rings (SSSR count). The first kappa shape index (κ1) is 16.0. The van der Waals surface area contributed by atoms with E-state index in [2.05, 4.69) is 32.8 Å². The van der Waals surface area contributed by atoms with Gasteiger partial charge in [0.05, 0.1) is 5.39 Å². The Morgan fingerprint density at radius 1 is 1.16 bits per heavy atom. The van der Waals surface area contributed by atoms with E-state index >= 15 is 0 Å². The molecule has 0 aliphatic carbocycles. The molecule has 1 saturated heterocycles. The van der Waals surface area contributed by atoms with Crippen molar-refractivity contribution < 1.29 is 4.79 Å². The Hall–Kier alpha value is -2.54. The van der Waals surface area contributed by atoms with Gasteiger partial charge in [0.1, 0.15) is 22.7 Å². The fraction of sp³-hybridized carbons (Fsp3) is 0.333. The van der Waals surface area contributed by atoms with Crippen molar-refractivity contribution in [2.75, 3.05) is 31.1 Å². The molecule has 1 fully saturated rings. The minimum absolute atomic E-state index is 0.0123. The summed E-state index contributed by atoms with van der Waals surface area (Å²) in [4.78, 5) is 30.8. The molecule has 6 nitrogen and oxygen atoms in total. The minimum Gasteiger partial charge on any atom is -0.352 e. The van der Waals surface area contributed by atoms with Crippen LogP contribution in [-0.4, -0.2) is 51.9 Å². The molecule has 0 saturated carbocycles. The summed E-state index contributed by atoms with van der Waals surface area (Å²) < 4.78 is 0. The molecule has 25 heavy (non-hydrogen) atoms. The SMILES string of the molecule is CCc1ccnc(C(=O)N2CCN(c3ncnc4sccc34)CC2)c1. The van der Waals surface area contributed by atoms with Gasteiger partial charge in [0, 0.05) is 32.4 Å². The van der Waals surface area contributed by atoms with Gasteiger partial charge in [0.25, 0.3) is 5.91 Å². The van der Waals surface area contributed by atoms with Crippen LogP contribution in [0.5, 0.6) is 0 Å². The molecule has 0 N–H and O–H groups in total. The lowest BCUT2D eigenvalue weighted by Crippen LogP contribution is -2.49. The average molecular weight is 353 g/mol. The summed E-state index contributed by atoms with van der Waals surface area (Å²) in [5, 5.41) is 3.12. The number of anilines is 1. The zero-order chi connectivity index (χ0) is 17.2. The fourth-order valence-corrected chi connectivity index (χ4v) is 3.85. The number of pyridine rings is 1. The molecule has 7 heteroatoms. The predicted molar refractivity (Wildman–Crippen MR) is 99.1 cm³/mol. The maximum absolute atomic E-state index is 12.7. The van der Waals surface area contributed by atoms with Gasteiger partial charge in [-0.15, -0.1) is 11.3 Å². The molecule has 1 aliphatic heterocycles. The van der Waals surface area contributed by atoms with Crippen molar-refractivity contribution >= 4 is 33.3 Å². The molecule has 3 aromatic rings. The number of thiophene rings is 1. The van der Waals surface area contributed by atoms with Crippen molar-refractivity contribution in [3.05, 3.63) is 47.4 Å². The zero-order valence-electron chi connectivity index (χ0n) is 14.1. The van der Waals surface area contributed by atoms with Crippen LogP contribution in [-0.2, 0) is 6.42 Å². The Kier molecular flexibility index (Phi) is 4.31. The predicted octanol–water partition coefficient (Wildman–Crippen LogP) is 2.61. The number of aryl methyl sites for hydroxylation is 1. The molecular formula is C18H19N5OS. The molecule has 1 amide bonds. The normalized spacial score (nSPS) is 14.9. The summed E-state index contributed by atoms with van der Waals surface area (Å²) in [6, 6.07) is 5.91. The van der Waals surface area contributed by atoms with Gasteiger partial charge in [-0.05, 0) is 35.6 Å². The van der Waals surface area contributed by atoms with Crippen LogP contribution in [0.15, 0.2) is 36.1 Å². The van der Waals surface area contributed by atoms with Crippen LogP contribution in [0.3, 0.4) is 0 Å². The van der Waals surface area contributed by atoms with Crippen LogP contribution in [0.25, 0.3) is 10.2 Å². The average Bonchev–Trinajstić information content (AvgIpc) is 3.16. The highest BCUT2D eigenvalue weighted by Gasteiger charge is 2.24. The largest absolute Gasteiger partial charge is 0.352 e. The quantitative estimate of drug-likeness (QED) is 0.724. The highest BCUT2D eigenvalue weighted by molar-refractivity contribution is 7.16. The van der Waals surface area contributed by atoms with E-state index in [1.165, 1.54) is 0 Å². The van der Waals surface area contributed by atoms with Crippen LogP contribution < -0.4 is 4.90 Å². The Labute approximate surface area is 150 Å². The van der Waals surface area contributed by atoms with Crippen LogP contribution in [0.4, 0.5) is 5.82 Å². The lowest BCUT2D eigenvalue weighted by Gasteiger charge is -2.35. The third-order valence-electron chi connectivity index (χ3n) is 4.56. The number of hydrogen-bond donors (Lipinski definition) is 0. The number of carbonyl (C=O) groups excluding carboxylic acids is 1. The van der Waals surface area contributed by atoms with Crippen molar-refractivity contribution in [3.63, 3.8) is 0 Å². The first-order chi connectivity index (χ1) is 12.3. The number of hydrogen-bond acceptors (Lipinski definition) is 6. The number of nitrogens with zero attached hydrogens (tertiary/aromatic N) is 5. The zero-order valence-corrected chi connectivity index (χ0v) is 14.9. The van der Waals surface area contributed by atoms with Crippen LogP contribution >= 0.6 is 11.3 Å². The number of aromatic nitrogens is 3. The molecule has 0 spiro atoms. The second-order valence-electron chi connectivity index (χ2n) is 6.02. The molecule has 0 atom stereocenters. The molecule has 0 aromatic carbocycles.